The average Bonchev–Trinajstić information content (AvgIpc) is 3.25. The average molecular weight is 446 g/mol. The zero-order valence-corrected chi connectivity index (χ0v) is 19.2. The number of nitrogens with zero attached hydrogens (tertiary/aromatic N) is 4. The second kappa shape index (κ2) is 13.3. The van der Waals surface area contributed by atoms with Gasteiger partial charge in [-0.15, -0.1) is 0 Å². The minimum Gasteiger partial charge on any atom is -0.393 e. The number of hydrogen-bond acceptors (Lipinski definition) is 7. The normalized spacial score (nSPS) is 15.4. The van der Waals surface area contributed by atoms with Crippen molar-refractivity contribution in [3.05, 3.63) is 6.33 Å². The summed E-state index contributed by atoms with van der Waals surface area (Å²) in [4.78, 5) is 29.8. The van der Waals surface area contributed by atoms with Gasteiger partial charge in [-0.25, -0.2) is 4.98 Å². The van der Waals surface area contributed by atoms with Crippen LogP contribution in [-0.4, -0.2) is 61.6 Å². The molecule has 1 aliphatic rings. The van der Waals surface area contributed by atoms with Crippen molar-refractivity contribution in [3.63, 3.8) is 0 Å². The van der Waals surface area contributed by atoms with E-state index in [2.05, 4.69) is 30.2 Å². The van der Waals surface area contributed by atoms with E-state index >= 15 is 0 Å². The maximum atomic E-state index is 12.1. The van der Waals surface area contributed by atoms with Gasteiger partial charge in [-0.1, -0.05) is 51.4 Å². The van der Waals surface area contributed by atoms with Gasteiger partial charge >= 0.3 is 0 Å². The van der Waals surface area contributed by atoms with Crippen LogP contribution in [0.3, 0.4) is 0 Å². The number of aromatic amines is 1. The van der Waals surface area contributed by atoms with Crippen LogP contribution in [0.1, 0.15) is 83.5 Å². The minimum atomic E-state index is -0.0833. The van der Waals surface area contributed by atoms with Crippen LogP contribution in [0.5, 0.6) is 0 Å². The van der Waals surface area contributed by atoms with Gasteiger partial charge in [0, 0.05) is 19.5 Å². The lowest BCUT2D eigenvalue weighted by molar-refractivity contribution is -0.116. The van der Waals surface area contributed by atoms with Gasteiger partial charge < -0.3 is 20.7 Å². The molecule has 32 heavy (non-hydrogen) atoms. The maximum Gasteiger partial charge on any atom is 0.233 e. The van der Waals surface area contributed by atoms with Gasteiger partial charge in [0.2, 0.25) is 11.9 Å². The molecule has 0 spiro atoms. The third-order valence-electron chi connectivity index (χ3n) is 6.25. The summed E-state index contributed by atoms with van der Waals surface area (Å²) in [7, 11) is 0. The maximum absolute atomic E-state index is 12.1. The Morgan fingerprint density at radius 2 is 1.66 bits per heavy atom. The molecule has 0 aromatic carbocycles. The Bertz CT molecular complexity index is 818. The smallest absolute Gasteiger partial charge is 0.233 e. The van der Waals surface area contributed by atoms with E-state index in [0.29, 0.717) is 17.6 Å². The van der Waals surface area contributed by atoms with Crippen LogP contribution in [0.15, 0.2) is 6.33 Å². The van der Waals surface area contributed by atoms with Crippen molar-refractivity contribution in [3.8, 4) is 0 Å². The van der Waals surface area contributed by atoms with Gasteiger partial charge in [0.1, 0.15) is 5.52 Å². The first-order valence-corrected chi connectivity index (χ1v) is 12.3. The fourth-order valence-electron chi connectivity index (χ4n) is 4.28. The fourth-order valence-corrected chi connectivity index (χ4v) is 4.28. The highest BCUT2D eigenvalue weighted by Gasteiger charge is 2.15. The summed E-state index contributed by atoms with van der Waals surface area (Å²) in [6, 6.07) is 0. The molecule has 2 aromatic rings. The number of fused-ring (bicyclic) bond motifs is 1. The molecule has 1 aliphatic heterocycles. The molecule has 0 bridgehead atoms. The Kier molecular flexibility index (Phi) is 10.2. The molecular formula is C23H39N7O2. The molecule has 178 valence electrons. The summed E-state index contributed by atoms with van der Waals surface area (Å²) in [5.41, 5.74) is 6.88. The minimum absolute atomic E-state index is 0.0683. The summed E-state index contributed by atoms with van der Waals surface area (Å²) in [6.07, 6.45) is 16.0. The van der Waals surface area contributed by atoms with Crippen molar-refractivity contribution >= 4 is 28.8 Å². The van der Waals surface area contributed by atoms with Gasteiger partial charge in [-0.05, 0) is 32.2 Å². The first-order chi connectivity index (χ1) is 15.6. The number of unbranched alkanes of at least 4 members (excludes halogenated alkanes) is 9. The molecule has 0 radical (unpaired) electrons. The van der Waals surface area contributed by atoms with Crippen LogP contribution in [0.4, 0.5) is 11.8 Å². The summed E-state index contributed by atoms with van der Waals surface area (Å²) < 4.78 is 0. The number of carbonyl (C=O) groups is 1. The standard InChI is InChI=1S/C23H39N7O2/c24-21-20-22(26-17-25-20)29-23(28-21)27-19(32)11-9-7-5-3-1-2-4-6-8-10-14-30-15-12-18(31)13-16-30/h17-18,31H,1-16H2,(H4,24,25,26,27,28,29,32). The predicted octanol–water partition coefficient (Wildman–Crippen LogP) is 3.62. The Morgan fingerprint density at radius 1 is 1.03 bits per heavy atom. The summed E-state index contributed by atoms with van der Waals surface area (Å²) in [5.74, 6) is 0.410. The zero-order valence-electron chi connectivity index (χ0n) is 19.2. The number of aromatic nitrogens is 4. The number of nitrogens with one attached hydrogen (secondary N) is 2. The largest absolute Gasteiger partial charge is 0.393 e. The van der Waals surface area contributed by atoms with E-state index in [4.69, 9.17) is 5.73 Å². The van der Waals surface area contributed by atoms with Crippen LogP contribution in [-0.2, 0) is 4.79 Å². The van der Waals surface area contributed by atoms with Crippen molar-refractivity contribution < 1.29 is 9.90 Å². The lowest BCUT2D eigenvalue weighted by Crippen LogP contribution is -2.36. The van der Waals surface area contributed by atoms with Crippen LogP contribution in [0.25, 0.3) is 11.2 Å². The number of likely N-dealkylation sites (tertiary alicyclic amines) is 1. The predicted molar refractivity (Wildman–Crippen MR) is 127 cm³/mol. The molecule has 0 saturated carbocycles. The first-order valence-electron chi connectivity index (χ1n) is 12.3. The Morgan fingerprint density at radius 3 is 2.34 bits per heavy atom. The second-order valence-electron chi connectivity index (χ2n) is 8.94. The number of H-pyrrole nitrogens is 1. The summed E-state index contributed by atoms with van der Waals surface area (Å²) >= 11 is 0. The molecule has 3 heterocycles. The highest BCUT2D eigenvalue weighted by atomic mass is 16.3. The molecule has 5 N–H and O–H groups in total. The van der Waals surface area contributed by atoms with E-state index < -0.39 is 0 Å². The second-order valence-corrected chi connectivity index (χ2v) is 8.94. The molecule has 9 nitrogen and oxygen atoms in total. The molecule has 1 amide bonds. The molecule has 1 saturated heterocycles. The molecule has 2 aromatic heterocycles. The molecule has 1 fully saturated rings. The van der Waals surface area contributed by atoms with Gasteiger partial charge in [-0.3, -0.25) is 10.1 Å². The number of anilines is 2. The number of imidazole rings is 1. The fraction of sp³-hybridized carbons (Fsp3) is 0.739. The highest BCUT2D eigenvalue weighted by molar-refractivity contribution is 5.91. The van der Waals surface area contributed by atoms with Crippen LogP contribution >= 0.6 is 0 Å². The number of rotatable bonds is 14. The van der Waals surface area contributed by atoms with Gasteiger partial charge in [-0.2, -0.15) is 9.97 Å². The van der Waals surface area contributed by atoms with Crippen molar-refractivity contribution in [2.24, 2.45) is 0 Å². The Labute approximate surface area is 190 Å². The number of amides is 1. The van der Waals surface area contributed by atoms with E-state index in [1.54, 1.807) is 0 Å². The molecule has 0 unspecified atom stereocenters. The summed E-state index contributed by atoms with van der Waals surface area (Å²) in [6.45, 7) is 3.32. The third-order valence-corrected chi connectivity index (χ3v) is 6.25. The molecule has 0 aliphatic carbocycles. The monoisotopic (exact) mass is 445 g/mol. The number of piperidine rings is 1. The van der Waals surface area contributed by atoms with Gasteiger partial charge in [0.15, 0.2) is 11.5 Å². The number of carbonyl (C=O) groups excluding carboxylic acids is 1. The molecule has 9 heteroatoms. The van der Waals surface area contributed by atoms with Crippen LogP contribution < -0.4 is 11.1 Å². The molecule has 0 atom stereocenters. The van der Waals surface area contributed by atoms with Crippen molar-refractivity contribution in [2.45, 2.75) is 89.6 Å². The number of nitrogens with two attached hydrogens (primary N) is 1. The lowest BCUT2D eigenvalue weighted by atomic mass is 10.0. The van der Waals surface area contributed by atoms with E-state index in [9.17, 15) is 9.90 Å². The number of aliphatic hydroxyl groups is 1. The van der Waals surface area contributed by atoms with Crippen LogP contribution in [0, 0.1) is 0 Å². The van der Waals surface area contributed by atoms with Gasteiger partial charge in [0.05, 0.1) is 12.4 Å². The number of hydrogen-bond donors (Lipinski definition) is 4. The van der Waals surface area contributed by atoms with Crippen molar-refractivity contribution in [2.75, 3.05) is 30.7 Å². The highest BCUT2D eigenvalue weighted by Crippen LogP contribution is 2.16. The van der Waals surface area contributed by atoms with E-state index in [1.165, 1.54) is 64.2 Å². The lowest BCUT2D eigenvalue weighted by Gasteiger charge is -2.29. The van der Waals surface area contributed by atoms with E-state index in [1.807, 2.05) is 0 Å². The van der Waals surface area contributed by atoms with Gasteiger partial charge in [0.25, 0.3) is 0 Å². The quantitative estimate of drug-likeness (QED) is 0.326. The van der Waals surface area contributed by atoms with Crippen LogP contribution in [0.2, 0.25) is 0 Å². The third kappa shape index (κ3) is 8.35. The number of nitrogen functional groups attached to an aromatic ring is 1. The topological polar surface area (TPSA) is 133 Å². The Hall–Kier alpha value is -2.26. The first kappa shape index (κ1) is 24.4. The van der Waals surface area contributed by atoms with Crippen molar-refractivity contribution in [1.29, 1.82) is 0 Å². The molecule has 3 rings (SSSR count). The number of aliphatic hydroxyl groups excluding tert-OH is 1. The van der Waals surface area contributed by atoms with E-state index in [0.717, 1.165) is 38.8 Å². The molecular weight excluding hydrogens is 406 g/mol. The summed E-state index contributed by atoms with van der Waals surface area (Å²) in [5, 5.41) is 12.3. The van der Waals surface area contributed by atoms with Crippen molar-refractivity contribution in [1.82, 2.24) is 24.8 Å². The van der Waals surface area contributed by atoms with E-state index in [-0.39, 0.29) is 23.8 Å². The zero-order chi connectivity index (χ0) is 22.6. The SMILES string of the molecule is Nc1nc(NC(=O)CCCCCCCCCCCCN2CCC(O)CC2)nc2nc[nH]c12. The Balaban J connectivity index is 1.12.